The van der Waals surface area contributed by atoms with Gasteiger partial charge in [0.05, 0.1) is 19.9 Å². The molecule has 2 heterocycles. The number of hydrogen-bond acceptors (Lipinski definition) is 9. The van der Waals surface area contributed by atoms with Gasteiger partial charge < -0.3 is 26.0 Å². The fraction of sp³-hybridized carbons (Fsp3) is 0.692. The molecule has 0 aromatic carbocycles. The number of aliphatic hydroxyl groups excluding tert-OH is 1. The summed E-state index contributed by atoms with van der Waals surface area (Å²) in [5.41, 5.74) is 5.60. The van der Waals surface area contributed by atoms with E-state index in [1.54, 1.807) is 6.92 Å². The first-order valence-corrected chi connectivity index (χ1v) is 9.49. The van der Waals surface area contributed by atoms with Crippen molar-refractivity contribution in [3.8, 4) is 0 Å². The van der Waals surface area contributed by atoms with E-state index >= 15 is 0 Å². The summed E-state index contributed by atoms with van der Waals surface area (Å²) in [6, 6.07) is -0.110. The average molecular weight is 375 g/mol. The Hall–Kier alpha value is -1.65. The van der Waals surface area contributed by atoms with Gasteiger partial charge in [0.25, 0.3) is 5.56 Å². The Morgan fingerprint density at radius 1 is 1.48 bits per heavy atom. The van der Waals surface area contributed by atoms with Crippen molar-refractivity contribution >= 4 is 25.3 Å². The van der Waals surface area contributed by atoms with Crippen molar-refractivity contribution in [1.29, 1.82) is 0 Å². The fourth-order valence-corrected chi connectivity index (χ4v) is 4.09. The highest BCUT2D eigenvalue weighted by Crippen LogP contribution is 2.48. The monoisotopic (exact) mass is 375 g/mol. The van der Waals surface area contributed by atoms with E-state index in [9.17, 15) is 19.4 Å². The molecule has 11 nitrogen and oxygen atoms in total. The third kappa shape index (κ3) is 3.51. The van der Waals surface area contributed by atoms with Crippen molar-refractivity contribution < 1.29 is 23.6 Å². The van der Waals surface area contributed by atoms with Gasteiger partial charge in [-0.1, -0.05) is 0 Å². The number of nitrogens with one attached hydrogen (secondary N) is 2. The lowest BCUT2D eigenvalue weighted by Gasteiger charge is -2.48. The van der Waals surface area contributed by atoms with Crippen LogP contribution in [0.25, 0.3) is 0 Å². The summed E-state index contributed by atoms with van der Waals surface area (Å²) < 4.78 is 21.5. The summed E-state index contributed by atoms with van der Waals surface area (Å²) >= 11 is 0. The maximum Gasteiger partial charge on any atom is 0.472 e. The minimum absolute atomic E-state index is 0.0134. The van der Waals surface area contributed by atoms with Gasteiger partial charge in [-0.25, -0.2) is 4.57 Å². The van der Waals surface area contributed by atoms with Gasteiger partial charge in [0.1, 0.15) is 5.69 Å². The van der Waals surface area contributed by atoms with E-state index in [-0.39, 0.29) is 49.2 Å². The van der Waals surface area contributed by atoms with E-state index in [0.717, 1.165) is 0 Å². The Morgan fingerprint density at radius 3 is 2.92 bits per heavy atom. The first kappa shape index (κ1) is 18.2. The van der Waals surface area contributed by atoms with E-state index in [1.807, 2.05) is 4.90 Å². The molecule has 1 aliphatic heterocycles. The molecular weight excluding hydrogens is 353 g/mol. The van der Waals surface area contributed by atoms with Crippen molar-refractivity contribution in [2.75, 3.05) is 42.4 Å². The maximum absolute atomic E-state index is 11.9. The topological polar surface area (TPSA) is 163 Å². The standard InChI is InChI=1S/C13H22N5O6P/c1-2-23-25(21,22)24-5-8-7(4-19)3-9(8)18-6-15-10-11(18)16-13(14)17-12(10)20/h7-9,15,19H,2-6H2,1H3,(H,21,22)(H3,14,16,17,20). The molecule has 140 valence electrons. The second-order valence-corrected chi connectivity index (χ2v) is 7.50. The highest BCUT2D eigenvalue weighted by molar-refractivity contribution is 7.47. The van der Waals surface area contributed by atoms with Crippen molar-refractivity contribution in [2.24, 2.45) is 11.8 Å². The first-order chi connectivity index (χ1) is 11.9. The number of phosphoric acid groups is 1. The van der Waals surface area contributed by atoms with Crippen LogP contribution in [0.1, 0.15) is 13.3 Å². The molecule has 25 heavy (non-hydrogen) atoms. The molecule has 3 rings (SSSR count). The highest BCUT2D eigenvalue weighted by Gasteiger charge is 2.47. The van der Waals surface area contributed by atoms with Crippen LogP contribution < -0.4 is 21.5 Å². The Bertz CT molecular complexity index is 742. The van der Waals surface area contributed by atoms with Gasteiger partial charge in [-0.05, 0) is 19.3 Å². The predicted octanol–water partition coefficient (Wildman–Crippen LogP) is -0.308. The smallest absolute Gasteiger partial charge is 0.396 e. The van der Waals surface area contributed by atoms with E-state index in [4.69, 9.17) is 14.8 Å². The van der Waals surface area contributed by atoms with Crippen LogP contribution in [-0.4, -0.2) is 52.5 Å². The summed E-state index contributed by atoms with van der Waals surface area (Å²) in [4.78, 5) is 30.0. The number of aromatic nitrogens is 2. The van der Waals surface area contributed by atoms with E-state index in [0.29, 0.717) is 24.6 Å². The molecule has 6 N–H and O–H groups in total. The molecule has 0 radical (unpaired) electrons. The van der Waals surface area contributed by atoms with Gasteiger partial charge in [-0.2, -0.15) is 4.98 Å². The molecule has 1 aromatic heterocycles. The molecule has 1 fully saturated rings. The van der Waals surface area contributed by atoms with Crippen molar-refractivity contribution in [2.45, 2.75) is 19.4 Å². The molecule has 0 spiro atoms. The largest absolute Gasteiger partial charge is 0.472 e. The zero-order chi connectivity index (χ0) is 18.2. The lowest BCUT2D eigenvalue weighted by molar-refractivity contribution is 0.0174. The number of nitrogens with two attached hydrogens (primary N) is 1. The van der Waals surface area contributed by atoms with Crippen LogP contribution in [0.2, 0.25) is 0 Å². The number of anilines is 3. The normalized spacial score (nSPS) is 27.3. The molecule has 1 saturated carbocycles. The molecule has 0 bridgehead atoms. The Morgan fingerprint density at radius 2 is 2.24 bits per heavy atom. The average Bonchev–Trinajstić information content (AvgIpc) is 2.90. The Balaban J connectivity index is 1.75. The van der Waals surface area contributed by atoms with Gasteiger partial charge >= 0.3 is 7.82 Å². The minimum Gasteiger partial charge on any atom is -0.396 e. The fourth-order valence-electron chi connectivity index (χ4n) is 3.33. The molecule has 12 heteroatoms. The van der Waals surface area contributed by atoms with E-state index < -0.39 is 7.82 Å². The van der Waals surface area contributed by atoms with Crippen LogP contribution in [0.4, 0.5) is 17.5 Å². The number of nitrogen functional groups attached to an aromatic ring is 1. The third-order valence-electron chi connectivity index (χ3n) is 4.62. The highest BCUT2D eigenvalue weighted by atomic mass is 31.2. The van der Waals surface area contributed by atoms with E-state index in [1.165, 1.54) is 0 Å². The van der Waals surface area contributed by atoms with Gasteiger partial charge in [-0.3, -0.25) is 18.8 Å². The third-order valence-corrected chi connectivity index (χ3v) is 5.68. The molecule has 4 unspecified atom stereocenters. The molecule has 4 atom stereocenters. The van der Waals surface area contributed by atoms with Crippen LogP contribution in [0, 0.1) is 11.8 Å². The minimum atomic E-state index is -4.11. The number of aliphatic hydroxyl groups is 1. The molecule has 0 saturated heterocycles. The lowest BCUT2D eigenvalue weighted by Crippen LogP contribution is -2.55. The second-order valence-electron chi connectivity index (χ2n) is 6.05. The quantitative estimate of drug-likeness (QED) is 0.399. The number of rotatable bonds is 7. The molecule has 2 aliphatic rings. The van der Waals surface area contributed by atoms with Crippen LogP contribution in [-0.2, 0) is 13.6 Å². The maximum atomic E-state index is 11.9. The number of fused-ring (bicyclic) bond motifs is 1. The summed E-state index contributed by atoms with van der Waals surface area (Å²) in [5.74, 6) is 0.167. The van der Waals surface area contributed by atoms with Crippen LogP contribution in [0.15, 0.2) is 4.79 Å². The van der Waals surface area contributed by atoms with E-state index in [2.05, 4.69) is 15.3 Å². The van der Waals surface area contributed by atoms with Crippen molar-refractivity contribution in [1.82, 2.24) is 9.97 Å². The Kier molecular flexibility index (Phi) is 5.03. The van der Waals surface area contributed by atoms with Crippen molar-refractivity contribution in [3.05, 3.63) is 10.4 Å². The van der Waals surface area contributed by atoms with Gasteiger partial charge in [0.15, 0.2) is 5.82 Å². The van der Waals surface area contributed by atoms with Crippen LogP contribution in [0.5, 0.6) is 0 Å². The second kappa shape index (κ2) is 6.93. The zero-order valence-corrected chi connectivity index (χ0v) is 14.6. The first-order valence-electron chi connectivity index (χ1n) is 7.99. The van der Waals surface area contributed by atoms with Gasteiger partial charge in [0.2, 0.25) is 5.95 Å². The molecular formula is C13H22N5O6P. The van der Waals surface area contributed by atoms with Crippen LogP contribution >= 0.6 is 7.82 Å². The molecule has 0 amide bonds. The number of H-pyrrole nitrogens is 1. The molecule has 1 aliphatic carbocycles. The zero-order valence-electron chi connectivity index (χ0n) is 13.7. The van der Waals surface area contributed by atoms with Gasteiger partial charge in [-0.15, -0.1) is 0 Å². The lowest BCUT2D eigenvalue weighted by atomic mass is 9.69. The predicted molar refractivity (Wildman–Crippen MR) is 90.1 cm³/mol. The number of hydrogen-bond donors (Lipinski definition) is 5. The van der Waals surface area contributed by atoms with Crippen molar-refractivity contribution in [3.63, 3.8) is 0 Å². The number of aromatic amines is 1. The summed E-state index contributed by atoms with van der Waals surface area (Å²) in [6.07, 6.45) is 0.643. The number of phosphoric ester groups is 1. The summed E-state index contributed by atoms with van der Waals surface area (Å²) in [6.45, 7) is 1.90. The summed E-state index contributed by atoms with van der Waals surface area (Å²) in [7, 11) is -4.11. The Labute approximate surface area is 143 Å². The SMILES string of the molecule is CCOP(=O)(O)OCC1C(CO)CC1N1CNc2c1nc(N)[nH]c2=O. The number of nitrogens with zero attached hydrogens (tertiary/aromatic N) is 2. The summed E-state index contributed by atoms with van der Waals surface area (Å²) in [5, 5.41) is 12.5. The molecule has 1 aromatic rings. The van der Waals surface area contributed by atoms with Crippen LogP contribution in [0.3, 0.4) is 0 Å². The van der Waals surface area contributed by atoms with Gasteiger partial charge in [0, 0.05) is 18.6 Å².